The predicted molar refractivity (Wildman–Crippen MR) is 170 cm³/mol. The van der Waals surface area contributed by atoms with E-state index >= 15 is 0 Å². The molecule has 0 unspecified atom stereocenters. The molecule has 0 radical (unpaired) electrons. The number of benzene rings is 4. The van der Waals surface area contributed by atoms with Gasteiger partial charge in [0.05, 0.1) is 5.75 Å². The van der Waals surface area contributed by atoms with Crippen LogP contribution in [-0.2, 0) is 31.9 Å². The van der Waals surface area contributed by atoms with Crippen LogP contribution >= 0.6 is 0 Å². The summed E-state index contributed by atoms with van der Waals surface area (Å²) in [5.41, 5.74) is 5.86. The van der Waals surface area contributed by atoms with E-state index in [0.717, 1.165) is 49.6 Å². The first-order chi connectivity index (χ1) is 19.6. The first-order valence-electron chi connectivity index (χ1n) is 14.1. The van der Waals surface area contributed by atoms with Gasteiger partial charge in [0.25, 0.3) is 0 Å². The number of nitrogens with zero attached hydrogens (tertiary/aromatic N) is 2. The fourth-order valence-corrected chi connectivity index (χ4v) is 5.08. The second-order valence-corrected chi connectivity index (χ2v) is 12.7. The van der Waals surface area contributed by atoms with E-state index in [4.69, 9.17) is 14.7 Å². The Morgan fingerprint density at radius 3 is 2.00 bits per heavy atom. The Morgan fingerprint density at radius 2 is 1.26 bits per heavy atom. The zero-order valence-electron chi connectivity index (χ0n) is 24.9. The summed E-state index contributed by atoms with van der Waals surface area (Å²) >= 11 is 0. The second kappa shape index (κ2) is 11.5. The van der Waals surface area contributed by atoms with Crippen molar-refractivity contribution in [2.24, 2.45) is 0 Å². The average molecular weight is 730 g/mol. The van der Waals surface area contributed by atoms with E-state index < -0.39 is 0 Å². The van der Waals surface area contributed by atoms with Crippen molar-refractivity contribution in [3.8, 4) is 34.0 Å². The second-order valence-electron chi connectivity index (χ2n) is 12.7. The SMILES string of the molecule is CC(C)(C)c1cc(Oc2[c-]c(-c3cc(C(C)(C)C)ccn3)cc3ccccc23)[c-]c(-c2nccc3ccccc23)c1.[Pt+2]. The van der Waals surface area contributed by atoms with Crippen molar-refractivity contribution >= 4 is 21.5 Å². The van der Waals surface area contributed by atoms with Crippen LogP contribution in [0.2, 0.25) is 0 Å². The van der Waals surface area contributed by atoms with Crippen LogP contribution in [0, 0.1) is 12.1 Å². The molecule has 2 aromatic heterocycles. The summed E-state index contributed by atoms with van der Waals surface area (Å²) in [6.07, 6.45) is 3.74. The van der Waals surface area contributed by atoms with Gasteiger partial charge in [0, 0.05) is 18.1 Å². The molecular formula is C38H34N2OPt. The molecule has 0 spiro atoms. The number of ether oxygens (including phenoxy) is 1. The summed E-state index contributed by atoms with van der Waals surface area (Å²) in [5.74, 6) is 1.29. The van der Waals surface area contributed by atoms with Gasteiger partial charge >= 0.3 is 21.1 Å². The Balaban J connectivity index is 0.00000353. The van der Waals surface area contributed by atoms with Crippen LogP contribution in [0.3, 0.4) is 0 Å². The number of rotatable bonds is 4. The Hall–Kier alpha value is -3.81. The molecule has 42 heavy (non-hydrogen) atoms. The Labute approximate surface area is 263 Å². The van der Waals surface area contributed by atoms with E-state index in [1.807, 2.05) is 36.7 Å². The number of hydrogen-bond acceptors (Lipinski definition) is 3. The van der Waals surface area contributed by atoms with Gasteiger partial charge in [-0.15, -0.1) is 28.8 Å². The molecule has 3 nitrogen and oxygen atoms in total. The van der Waals surface area contributed by atoms with E-state index in [9.17, 15) is 0 Å². The van der Waals surface area contributed by atoms with E-state index in [1.54, 1.807) is 0 Å². The summed E-state index contributed by atoms with van der Waals surface area (Å²) in [6.45, 7) is 13.3. The van der Waals surface area contributed by atoms with E-state index in [0.29, 0.717) is 11.5 Å². The van der Waals surface area contributed by atoms with Crippen LogP contribution in [-0.4, -0.2) is 9.97 Å². The Morgan fingerprint density at radius 1 is 0.595 bits per heavy atom. The van der Waals surface area contributed by atoms with Crippen LogP contribution in [0.5, 0.6) is 11.5 Å². The van der Waals surface area contributed by atoms with Crippen molar-refractivity contribution in [2.75, 3.05) is 0 Å². The third-order valence-electron chi connectivity index (χ3n) is 7.51. The van der Waals surface area contributed by atoms with Gasteiger partial charge < -0.3 is 14.7 Å². The molecule has 0 saturated heterocycles. The van der Waals surface area contributed by atoms with Crippen molar-refractivity contribution in [3.05, 3.63) is 121 Å². The molecule has 4 heteroatoms. The number of hydrogen-bond donors (Lipinski definition) is 0. The maximum Gasteiger partial charge on any atom is 2.00 e. The van der Waals surface area contributed by atoms with Gasteiger partial charge in [-0.25, -0.2) is 0 Å². The van der Waals surface area contributed by atoms with Gasteiger partial charge in [0.1, 0.15) is 0 Å². The molecule has 0 N–H and O–H groups in total. The molecule has 6 rings (SSSR count). The van der Waals surface area contributed by atoms with Crippen molar-refractivity contribution < 1.29 is 25.8 Å². The van der Waals surface area contributed by atoms with E-state index in [1.165, 1.54) is 5.56 Å². The molecule has 0 fully saturated rings. The van der Waals surface area contributed by atoms with Crippen molar-refractivity contribution in [1.29, 1.82) is 0 Å². The van der Waals surface area contributed by atoms with Crippen LogP contribution in [0.1, 0.15) is 52.7 Å². The van der Waals surface area contributed by atoms with E-state index in [2.05, 4.69) is 114 Å². The number of aromatic nitrogens is 2. The average Bonchev–Trinajstić information content (AvgIpc) is 2.96. The summed E-state index contributed by atoms with van der Waals surface area (Å²) in [4.78, 5) is 9.48. The third-order valence-corrected chi connectivity index (χ3v) is 7.51. The van der Waals surface area contributed by atoms with Crippen LogP contribution in [0.4, 0.5) is 0 Å². The maximum atomic E-state index is 6.69. The van der Waals surface area contributed by atoms with Gasteiger partial charge in [-0.2, -0.15) is 0 Å². The smallest absolute Gasteiger partial charge is 0.496 e. The maximum absolute atomic E-state index is 6.69. The zero-order valence-corrected chi connectivity index (χ0v) is 27.1. The van der Waals surface area contributed by atoms with Crippen LogP contribution < -0.4 is 4.74 Å². The molecule has 6 aromatic rings. The summed E-state index contributed by atoms with van der Waals surface area (Å²) in [5, 5.41) is 4.29. The van der Waals surface area contributed by atoms with Crippen LogP contribution in [0.15, 0.2) is 97.3 Å². The van der Waals surface area contributed by atoms with Crippen molar-refractivity contribution in [1.82, 2.24) is 9.97 Å². The molecule has 0 saturated carbocycles. The summed E-state index contributed by atoms with van der Waals surface area (Å²) in [6, 6.07) is 36.4. The fourth-order valence-electron chi connectivity index (χ4n) is 5.08. The van der Waals surface area contributed by atoms with Gasteiger partial charge in [-0.05, 0) is 50.7 Å². The van der Waals surface area contributed by atoms with Gasteiger partial charge in [0.15, 0.2) is 0 Å². The molecule has 0 aliphatic rings. The third kappa shape index (κ3) is 6.03. The molecule has 0 amide bonds. The van der Waals surface area contributed by atoms with Gasteiger partial charge in [-0.3, -0.25) is 0 Å². The van der Waals surface area contributed by atoms with Gasteiger partial charge in [-0.1, -0.05) is 125 Å². The number of pyridine rings is 2. The monoisotopic (exact) mass is 729 g/mol. The Kier molecular flexibility index (Phi) is 8.10. The van der Waals surface area contributed by atoms with Crippen molar-refractivity contribution in [3.63, 3.8) is 0 Å². The molecule has 212 valence electrons. The molecule has 2 heterocycles. The number of fused-ring (bicyclic) bond motifs is 2. The minimum absolute atomic E-state index is 0. The topological polar surface area (TPSA) is 35.0 Å². The first-order valence-corrected chi connectivity index (χ1v) is 14.1. The largest absolute Gasteiger partial charge is 2.00 e. The molecule has 0 aliphatic heterocycles. The van der Waals surface area contributed by atoms with Crippen LogP contribution in [0.25, 0.3) is 44.1 Å². The summed E-state index contributed by atoms with van der Waals surface area (Å²) in [7, 11) is 0. The summed E-state index contributed by atoms with van der Waals surface area (Å²) < 4.78 is 6.69. The predicted octanol–water partition coefficient (Wildman–Crippen LogP) is 10.1. The first kappa shape index (κ1) is 29.7. The quantitative estimate of drug-likeness (QED) is 0.170. The van der Waals surface area contributed by atoms with E-state index in [-0.39, 0.29) is 31.9 Å². The minimum Gasteiger partial charge on any atom is -0.496 e. The molecule has 0 aliphatic carbocycles. The fraction of sp³-hybridized carbons (Fsp3) is 0.211. The minimum atomic E-state index is -0.0997. The molecule has 4 aromatic carbocycles. The normalized spacial score (nSPS) is 11.9. The Bertz CT molecular complexity index is 1890. The van der Waals surface area contributed by atoms with Gasteiger partial charge in [0.2, 0.25) is 0 Å². The van der Waals surface area contributed by atoms with Crippen molar-refractivity contribution in [2.45, 2.75) is 52.4 Å². The molecular weight excluding hydrogens is 696 g/mol. The zero-order chi connectivity index (χ0) is 28.8. The molecule has 0 bridgehead atoms. The standard InChI is InChI=1S/C38H34N2O.Pt/c1-37(2,3)29-16-18-39-34(24-29)27-19-26-12-8-9-13-32(26)35(22-27)41-31-21-28(20-30(23-31)38(4,5)6)36-33-14-10-7-11-25(33)15-17-40-36;/h7-20,23-24H,1-6H3;/q-2;+2. The molecule has 0 atom stereocenters.